The molecule has 0 unspecified atom stereocenters. The van der Waals surface area contributed by atoms with Gasteiger partial charge in [-0.25, -0.2) is 4.98 Å². The van der Waals surface area contributed by atoms with Crippen LogP contribution in [0, 0.1) is 0 Å². The van der Waals surface area contributed by atoms with Crippen molar-refractivity contribution in [2.24, 2.45) is 0 Å². The van der Waals surface area contributed by atoms with Crippen LogP contribution in [0.25, 0.3) is 0 Å². The fourth-order valence-electron chi connectivity index (χ4n) is 2.07. The summed E-state index contributed by atoms with van der Waals surface area (Å²) in [6, 6.07) is 13.3. The normalized spacial score (nSPS) is 10.7. The second-order valence-corrected chi connectivity index (χ2v) is 5.76. The minimum atomic E-state index is -0.142. The van der Waals surface area contributed by atoms with E-state index in [4.69, 9.17) is 11.6 Å². The van der Waals surface area contributed by atoms with Gasteiger partial charge in [-0.05, 0) is 31.8 Å². The number of benzene rings is 1. The lowest BCUT2D eigenvalue weighted by atomic mass is 10.2. The first kappa shape index (κ1) is 16.5. The second-order valence-electron chi connectivity index (χ2n) is 5.35. The zero-order valence-electron chi connectivity index (χ0n) is 12.9. The average molecular weight is 318 g/mol. The summed E-state index contributed by atoms with van der Waals surface area (Å²) in [5.41, 5.74) is 1.39. The van der Waals surface area contributed by atoms with E-state index in [9.17, 15) is 4.79 Å². The number of halogens is 1. The number of hydrogen-bond donors (Lipinski definition) is 0. The Morgan fingerprint density at radius 3 is 2.45 bits per heavy atom. The molecule has 1 heterocycles. The molecule has 0 aliphatic carbocycles. The van der Waals surface area contributed by atoms with Crippen LogP contribution in [0.3, 0.4) is 0 Å². The maximum Gasteiger partial charge on any atom is 0.274 e. The lowest BCUT2D eigenvalue weighted by molar-refractivity contribution is 0.0726. The summed E-state index contributed by atoms with van der Waals surface area (Å²) < 4.78 is 0. The lowest BCUT2D eigenvalue weighted by Crippen LogP contribution is -2.36. The molecule has 0 atom stereocenters. The van der Waals surface area contributed by atoms with Gasteiger partial charge in [-0.1, -0.05) is 41.9 Å². The van der Waals surface area contributed by atoms with Crippen LogP contribution in [0.5, 0.6) is 0 Å². The number of pyridine rings is 1. The van der Waals surface area contributed by atoms with Gasteiger partial charge in [0.15, 0.2) is 0 Å². The lowest BCUT2D eigenvalue weighted by Gasteiger charge is -2.24. The summed E-state index contributed by atoms with van der Waals surface area (Å²) in [6.07, 6.45) is 1.59. The third-order valence-electron chi connectivity index (χ3n) is 3.28. The molecule has 1 amide bonds. The molecular formula is C17H20ClN3O. The highest BCUT2D eigenvalue weighted by Crippen LogP contribution is 2.16. The zero-order valence-corrected chi connectivity index (χ0v) is 13.6. The van der Waals surface area contributed by atoms with E-state index in [-0.39, 0.29) is 5.91 Å². The number of carbonyl (C=O) groups is 1. The number of aromatic nitrogens is 1. The minimum Gasteiger partial charge on any atom is -0.332 e. The van der Waals surface area contributed by atoms with E-state index < -0.39 is 0 Å². The first-order valence-electron chi connectivity index (χ1n) is 7.16. The largest absolute Gasteiger partial charge is 0.332 e. The highest BCUT2D eigenvalue weighted by molar-refractivity contribution is 6.33. The van der Waals surface area contributed by atoms with Crippen molar-refractivity contribution in [2.75, 3.05) is 27.2 Å². The highest BCUT2D eigenvalue weighted by Gasteiger charge is 2.19. The van der Waals surface area contributed by atoms with Crippen molar-refractivity contribution in [1.82, 2.24) is 14.8 Å². The topological polar surface area (TPSA) is 36.4 Å². The van der Waals surface area contributed by atoms with E-state index in [0.717, 1.165) is 12.1 Å². The molecule has 0 saturated carbocycles. The maximum absolute atomic E-state index is 12.7. The molecule has 116 valence electrons. The molecule has 0 aliphatic heterocycles. The molecule has 0 N–H and O–H groups in total. The quantitative estimate of drug-likeness (QED) is 0.822. The Kier molecular flexibility index (Phi) is 5.92. The predicted molar refractivity (Wildman–Crippen MR) is 89.0 cm³/mol. The number of rotatable bonds is 6. The Morgan fingerprint density at radius 1 is 1.09 bits per heavy atom. The zero-order chi connectivity index (χ0) is 15.9. The Hall–Kier alpha value is -1.91. The van der Waals surface area contributed by atoms with Gasteiger partial charge in [-0.2, -0.15) is 0 Å². The monoisotopic (exact) mass is 317 g/mol. The fraction of sp³-hybridized carbons (Fsp3) is 0.294. The molecule has 22 heavy (non-hydrogen) atoms. The van der Waals surface area contributed by atoms with E-state index in [2.05, 4.69) is 4.98 Å². The van der Waals surface area contributed by atoms with Crippen molar-refractivity contribution in [2.45, 2.75) is 6.54 Å². The van der Waals surface area contributed by atoms with Crippen LogP contribution in [0.1, 0.15) is 16.1 Å². The predicted octanol–water partition coefficient (Wildman–Crippen LogP) is 2.94. The Balaban J connectivity index is 2.20. The summed E-state index contributed by atoms with van der Waals surface area (Å²) in [5, 5.41) is 0.385. The average Bonchev–Trinajstić information content (AvgIpc) is 2.52. The maximum atomic E-state index is 12.7. The standard InChI is InChI=1S/C17H20ClN3O/c1-20(2)11-12-21(13-14-7-4-3-5-8-14)17(22)16-15(18)9-6-10-19-16/h3-10H,11-13H2,1-2H3. The molecule has 2 aromatic rings. The van der Waals surface area contributed by atoms with Gasteiger partial charge in [0.25, 0.3) is 5.91 Å². The van der Waals surface area contributed by atoms with Crippen LogP contribution in [0.2, 0.25) is 5.02 Å². The molecule has 0 aliphatic rings. The molecule has 5 heteroatoms. The number of amides is 1. The molecule has 1 aromatic carbocycles. The van der Waals surface area contributed by atoms with E-state index >= 15 is 0 Å². The summed E-state index contributed by atoms with van der Waals surface area (Å²) >= 11 is 6.11. The van der Waals surface area contributed by atoms with Crippen LogP contribution in [0.4, 0.5) is 0 Å². The summed E-state index contributed by atoms with van der Waals surface area (Å²) in [5.74, 6) is -0.142. The van der Waals surface area contributed by atoms with Gasteiger partial charge in [0.1, 0.15) is 5.69 Å². The smallest absolute Gasteiger partial charge is 0.274 e. The molecule has 4 nitrogen and oxygen atoms in total. The number of carbonyl (C=O) groups excluding carboxylic acids is 1. The van der Waals surface area contributed by atoms with Crippen LogP contribution >= 0.6 is 11.6 Å². The van der Waals surface area contributed by atoms with Crippen LogP contribution < -0.4 is 0 Å². The van der Waals surface area contributed by atoms with E-state index in [0.29, 0.717) is 23.8 Å². The molecule has 1 aromatic heterocycles. The highest BCUT2D eigenvalue weighted by atomic mass is 35.5. The van der Waals surface area contributed by atoms with Gasteiger partial charge in [0.2, 0.25) is 0 Å². The van der Waals surface area contributed by atoms with Crippen LogP contribution in [0.15, 0.2) is 48.7 Å². The third kappa shape index (κ3) is 4.55. The number of hydrogen-bond acceptors (Lipinski definition) is 3. The number of nitrogens with zero attached hydrogens (tertiary/aromatic N) is 3. The van der Waals surface area contributed by atoms with Gasteiger partial charge in [-0.15, -0.1) is 0 Å². The van der Waals surface area contributed by atoms with Gasteiger partial charge >= 0.3 is 0 Å². The second kappa shape index (κ2) is 7.92. The van der Waals surface area contributed by atoms with E-state index in [1.165, 1.54) is 0 Å². The van der Waals surface area contributed by atoms with E-state index in [1.54, 1.807) is 23.2 Å². The molecular weight excluding hydrogens is 298 g/mol. The van der Waals surface area contributed by atoms with E-state index in [1.807, 2.05) is 49.3 Å². The van der Waals surface area contributed by atoms with Gasteiger partial charge < -0.3 is 9.80 Å². The van der Waals surface area contributed by atoms with Crippen molar-refractivity contribution >= 4 is 17.5 Å². The van der Waals surface area contributed by atoms with Crippen LogP contribution in [-0.4, -0.2) is 47.9 Å². The Morgan fingerprint density at radius 2 is 1.82 bits per heavy atom. The first-order valence-corrected chi connectivity index (χ1v) is 7.54. The van der Waals surface area contributed by atoms with Crippen molar-refractivity contribution in [1.29, 1.82) is 0 Å². The summed E-state index contributed by atoms with van der Waals surface area (Å²) in [7, 11) is 3.97. The van der Waals surface area contributed by atoms with Crippen molar-refractivity contribution < 1.29 is 4.79 Å². The third-order valence-corrected chi connectivity index (χ3v) is 3.59. The molecule has 0 saturated heterocycles. The van der Waals surface area contributed by atoms with Crippen LogP contribution in [-0.2, 0) is 6.54 Å². The van der Waals surface area contributed by atoms with Crippen molar-refractivity contribution in [3.8, 4) is 0 Å². The number of likely N-dealkylation sites (N-methyl/N-ethyl adjacent to an activating group) is 1. The SMILES string of the molecule is CN(C)CCN(Cc1ccccc1)C(=O)c1ncccc1Cl. The molecule has 0 bridgehead atoms. The summed E-state index contributed by atoms with van der Waals surface area (Å²) in [4.78, 5) is 20.7. The Labute approximate surface area is 136 Å². The summed E-state index contributed by atoms with van der Waals surface area (Å²) in [6.45, 7) is 1.94. The fourth-order valence-corrected chi connectivity index (χ4v) is 2.27. The van der Waals surface area contributed by atoms with Gasteiger partial charge in [-0.3, -0.25) is 4.79 Å². The van der Waals surface area contributed by atoms with Crippen molar-refractivity contribution in [3.63, 3.8) is 0 Å². The van der Waals surface area contributed by atoms with Gasteiger partial charge in [0.05, 0.1) is 5.02 Å². The first-order chi connectivity index (χ1) is 10.6. The molecule has 0 radical (unpaired) electrons. The van der Waals surface area contributed by atoms with Gasteiger partial charge in [0, 0.05) is 25.8 Å². The molecule has 0 spiro atoms. The molecule has 0 fully saturated rings. The Bertz CT molecular complexity index is 616. The van der Waals surface area contributed by atoms with Crippen molar-refractivity contribution in [3.05, 3.63) is 64.9 Å². The molecule has 2 rings (SSSR count). The minimum absolute atomic E-state index is 0.142.